The lowest BCUT2D eigenvalue weighted by Crippen LogP contribution is -2.25. The fraction of sp³-hybridized carbons (Fsp3) is 0.417. The molecule has 0 amide bonds. The first-order chi connectivity index (χ1) is 8.59. The van der Waals surface area contributed by atoms with Gasteiger partial charge in [-0.05, 0) is 30.6 Å². The van der Waals surface area contributed by atoms with E-state index in [1.165, 1.54) is 0 Å². The van der Waals surface area contributed by atoms with E-state index in [2.05, 4.69) is 10.3 Å². The number of aliphatic imine (C=N–C) groups is 1. The number of allylic oxidation sites excluding steroid dienone is 2. The van der Waals surface area contributed by atoms with E-state index >= 15 is 0 Å². The summed E-state index contributed by atoms with van der Waals surface area (Å²) in [5.74, 6) is -1.80. The highest BCUT2D eigenvalue weighted by Crippen LogP contribution is 2.10. The van der Waals surface area contributed by atoms with Crippen LogP contribution in [0.25, 0.3) is 0 Å². The molecule has 0 saturated heterocycles. The fourth-order valence-electron chi connectivity index (χ4n) is 1.46. The highest BCUT2D eigenvalue weighted by atomic mass is 16.4. The zero-order valence-electron chi connectivity index (χ0n) is 9.93. The van der Waals surface area contributed by atoms with Gasteiger partial charge < -0.3 is 15.5 Å². The Morgan fingerprint density at radius 2 is 2.22 bits per heavy atom. The second-order valence-corrected chi connectivity index (χ2v) is 3.83. The van der Waals surface area contributed by atoms with Gasteiger partial charge in [-0.2, -0.15) is 0 Å². The second kappa shape index (κ2) is 7.26. The maximum Gasteiger partial charge on any atom is 0.351 e. The molecule has 1 rings (SSSR count). The molecule has 0 radical (unpaired) electrons. The average Bonchev–Trinajstić information content (AvgIpc) is 2.33. The highest BCUT2D eigenvalue weighted by Gasteiger charge is 2.11. The molecule has 1 aliphatic heterocycles. The number of carboxylic acids is 2. The number of nitrogens with zero attached hydrogens (tertiary/aromatic N) is 1. The molecule has 3 N–H and O–H groups in total. The van der Waals surface area contributed by atoms with Gasteiger partial charge in [0, 0.05) is 25.7 Å². The molecule has 98 valence electrons. The van der Waals surface area contributed by atoms with Crippen LogP contribution in [-0.4, -0.2) is 41.5 Å². The average molecular weight is 252 g/mol. The Morgan fingerprint density at radius 3 is 2.89 bits per heavy atom. The van der Waals surface area contributed by atoms with Crippen molar-refractivity contribution in [1.82, 2.24) is 5.32 Å². The number of nitrogens with one attached hydrogen (secondary N) is 1. The van der Waals surface area contributed by atoms with Crippen LogP contribution in [0.2, 0.25) is 0 Å². The fourth-order valence-corrected chi connectivity index (χ4v) is 1.46. The van der Waals surface area contributed by atoms with Gasteiger partial charge >= 0.3 is 11.9 Å². The Kier molecular flexibility index (Phi) is 5.63. The number of aliphatic carboxylic acids is 2. The molecule has 18 heavy (non-hydrogen) atoms. The molecule has 0 spiro atoms. The smallest absolute Gasteiger partial charge is 0.351 e. The van der Waals surface area contributed by atoms with Crippen LogP contribution >= 0.6 is 0 Å². The molecule has 1 heterocycles. The van der Waals surface area contributed by atoms with Crippen LogP contribution in [0.15, 0.2) is 28.4 Å². The van der Waals surface area contributed by atoms with Gasteiger partial charge in [-0.3, -0.25) is 9.79 Å². The second-order valence-electron chi connectivity index (χ2n) is 3.83. The maximum atomic E-state index is 10.7. The summed E-state index contributed by atoms with van der Waals surface area (Å²) in [5, 5.41) is 20.0. The SMILES string of the molecule is O=C(O)CCCN=CC=C1C=C(C(=O)O)NCC1. The van der Waals surface area contributed by atoms with Gasteiger partial charge in [-0.15, -0.1) is 0 Å². The molecule has 0 aromatic rings. The van der Waals surface area contributed by atoms with Crippen LogP contribution in [0.3, 0.4) is 0 Å². The van der Waals surface area contributed by atoms with Crippen LogP contribution in [0.4, 0.5) is 0 Å². The van der Waals surface area contributed by atoms with E-state index < -0.39 is 11.9 Å². The molecular formula is C12H16N2O4. The standard InChI is InChI=1S/C12H16N2O4/c15-11(16)2-1-5-13-6-3-9-4-7-14-10(8-9)12(17)18/h3,6,8,14H,1-2,4-5,7H2,(H,15,16)(H,17,18). The van der Waals surface area contributed by atoms with Crippen LogP contribution < -0.4 is 5.32 Å². The van der Waals surface area contributed by atoms with Gasteiger partial charge in [-0.1, -0.05) is 0 Å². The number of rotatable bonds is 6. The largest absolute Gasteiger partial charge is 0.481 e. The van der Waals surface area contributed by atoms with Crippen molar-refractivity contribution in [2.24, 2.45) is 4.99 Å². The lowest BCUT2D eigenvalue weighted by molar-refractivity contribution is -0.137. The van der Waals surface area contributed by atoms with E-state index in [0.717, 1.165) is 12.0 Å². The quantitative estimate of drug-likeness (QED) is 0.480. The molecule has 0 saturated carbocycles. The number of hydrogen-bond donors (Lipinski definition) is 3. The lowest BCUT2D eigenvalue weighted by Gasteiger charge is -2.13. The maximum absolute atomic E-state index is 10.7. The first kappa shape index (κ1) is 14.0. The molecule has 0 aliphatic carbocycles. The Labute approximate surface area is 105 Å². The van der Waals surface area contributed by atoms with Crippen molar-refractivity contribution in [3.8, 4) is 0 Å². The minimum absolute atomic E-state index is 0.112. The summed E-state index contributed by atoms with van der Waals surface area (Å²) in [6, 6.07) is 0. The van der Waals surface area contributed by atoms with Gasteiger partial charge in [-0.25, -0.2) is 4.79 Å². The molecule has 0 bridgehead atoms. The van der Waals surface area contributed by atoms with Crippen LogP contribution in [0.5, 0.6) is 0 Å². The van der Waals surface area contributed by atoms with Gasteiger partial charge in [0.1, 0.15) is 5.70 Å². The third-order valence-electron chi connectivity index (χ3n) is 2.36. The molecule has 0 fully saturated rings. The van der Waals surface area contributed by atoms with Crippen molar-refractivity contribution < 1.29 is 19.8 Å². The van der Waals surface area contributed by atoms with Crippen molar-refractivity contribution in [2.45, 2.75) is 19.3 Å². The molecular weight excluding hydrogens is 236 g/mol. The molecule has 6 nitrogen and oxygen atoms in total. The molecule has 0 unspecified atom stereocenters. The monoisotopic (exact) mass is 252 g/mol. The van der Waals surface area contributed by atoms with E-state index in [9.17, 15) is 9.59 Å². The predicted molar refractivity (Wildman–Crippen MR) is 66.7 cm³/mol. The summed E-state index contributed by atoms with van der Waals surface area (Å²) in [5.41, 5.74) is 1.08. The molecule has 0 aromatic heterocycles. The van der Waals surface area contributed by atoms with Gasteiger partial charge in [0.15, 0.2) is 0 Å². The summed E-state index contributed by atoms with van der Waals surface area (Å²) < 4.78 is 0. The molecule has 0 aromatic carbocycles. The summed E-state index contributed by atoms with van der Waals surface area (Å²) in [4.78, 5) is 25.0. The minimum Gasteiger partial charge on any atom is -0.481 e. The van der Waals surface area contributed by atoms with E-state index in [1.807, 2.05) is 0 Å². The number of carboxylic acid groups (broad SMARTS) is 2. The first-order valence-electron chi connectivity index (χ1n) is 5.69. The van der Waals surface area contributed by atoms with E-state index in [0.29, 0.717) is 19.5 Å². The van der Waals surface area contributed by atoms with Crippen molar-refractivity contribution in [1.29, 1.82) is 0 Å². The summed E-state index contributed by atoms with van der Waals surface area (Å²) in [6.07, 6.45) is 6.30. The van der Waals surface area contributed by atoms with Gasteiger partial charge in [0.05, 0.1) is 0 Å². The summed E-state index contributed by atoms with van der Waals surface area (Å²) in [7, 11) is 0. The zero-order valence-corrected chi connectivity index (χ0v) is 9.93. The third kappa shape index (κ3) is 5.29. The summed E-state index contributed by atoms with van der Waals surface area (Å²) >= 11 is 0. The number of carbonyl (C=O) groups is 2. The Morgan fingerprint density at radius 1 is 1.44 bits per heavy atom. The van der Waals surface area contributed by atoms with Crippen molar-refractivity contribution >= 4 is 18.2 Å². The highest BCUT2D eigenvalue weighted by molar-refractivity contribution is 5.87. The Bertz CT molecular complexity index is 410. The minimum atomic E-state index is -0.973. The van der Waals surface area contributed by atoms with Crippen LogP contribution in [0.1, 0.15) is 19.3 Å². The van der Waals surface area contributed by atoms with Crippen molar-refractivity contribution in [3.05, 3.63) is 23.4 Å². The normalized spacial score (nSPS) is 17.6. The Balaban J connectivity index is 2.42. The van der Waals surface area contributed by atoms with Gasteiger partial charge in [0.2, 0.25) is 0 Å². The van der Waals surface area contributed by atoms with Gasteiger partial charge in [0.25, 0.3) is 0 Å². The predicted octanol–water partition coefficient (Wildman–Crippen LogP) is 0.810. The summed E-state index contributed by atoms with van der Waals surface area (Å²) in [6.45, 7) is 1.06. The first-order valence-corrected chi connectivity index (χ1v) is 5.69. The van der Waals surface area contributed by atoms with E-state index in [-0.39, 0.29) is 12.1 Å². The zero-order chi connectivity index (χ0) is 13.4. The lowest BCUT2D eigenvalue weighted by atomic mass is 10.1. The van der Waals surface area contributed by atoms with E-state index in [4.69, 9.17) is 10.2 Å². The van der Waals surface area contributed by atoms with E-state index in [1.54, 1.807) is 18.4 Å². The molecule has 6 heteroatoms. The van der Waals surface area contributed by atoms with Crippen molar-refractivity contribution in [2.75, 3.05) is 13.1 Å². The van der Waals surface area contributed by atoms with Crippen molar-refractivity contribution in [3.63, 3.8) is 0 Å². The topological polar surface area (TPSA) is 99.0 Å². The van der Waals surface area contributed by atoms with Crippen LogP contribution in [0, 0.1) is 0 Å². The molecule has 1 aliphatic rings. The van der Waals surface area contributed by atoms with Crippen LogP contribution in [-0.2, 0) is 9.59 Å². The Hall–Kier alpha value is -2.11. The molecule has 0 atom stereocenters. The third-order valence-corrected chi connectivity index (χ3v) is 2.36. The number of hydrogen-bond acceptors (Lipinski definition) is 4.